The van der Waals surface area contributed by atoms with Crippen molar-refractivity contribution in [3.05, 3.63) is 82.2 Å². The highest BCUT2D eigenvalue weighted by Crippen LogP contribution is 2.54. The minimum Gasteiger partial charge on any atom is -0.463 e. The molecule has 1 amide bonds. The second kappa shape index (κ2) is 5.48. The fourth-order valence-electron chi connectivity index (χ4n) is 4.25. The molecule has 0 saturated heterocycles. The number of hydrazone groups is 1. The molecule has 1 spiro atoms. The zero-order valence-corrected chi connectivity index (χ0v) is 16.1. The number of hydrogen-bond acceptors (Lipinski definition) is 5. The van der Waals surface area contributed by atoms with Gasteiger partial charge in [0.05, 0.1) is 23.6 Å². The largest absolute Gasteiger partial charge is 0.463 e. The number of benzene rings is 2. The highest BCUT2D eigenvalue weighted by molar-refractivity contribution is 9.10. The minimum atomic E-state index is -1.35. The first kappa shape index (κ1) is 15.9. The van der Waals surface area contributed by atoms with Crippen LogP contribution >= 0.6 is 15.9 Å². The normalized spacial score (nSPS) is 24.3. The fraction of sp³-hybridized carbons (Fsp3) is 0.143. The Balaban J connectivity index is 1.60. The number of ether oxygens (including phenoxy) is 1. The van der Waals surface area contributed by atoms with Crippen LogP contribution in [0.5, 0.6) is 5.75 Å². The van der Waals surface area contributed by atoms with Crippen LogP contribution in [0, 0.1) is 0 Å². The minimum absolute atomic E-state index is 0.124. The maximum absolute atomic E-state index is 13.3. The molecule has 1 aromatic heterocycles. The van der Waals surface area contributed by atoms with Gasteiger partial charge in [-0.2, -0.15) is 5.10 Å². The number of nitrogens with one attached hydrogen (secondary N) is 1. The molecular weight excluding hydrogens is 422 g/mol. The molecule has 0 aliphatic carbocycles. The first-order valence-electron chi connectivity index (χ1n) is 8.97. The quantitative estimate of drug-likeness (QED) is 0.615. The van der Waals surface area contributed by atoms with Gasteiger partial charge in [-0.1, -0.05) is 34.1 Å². The number of furan rings is 1. The molecule has 2 aromatic carbocycles. The number of para-hydroxylation sites is 1. The molecule has 3 aromatic rings. The Morgan fingerprint density at radius 2 is 2.07 bits per heavy atom. The van der Waals surface area contributed by atoms with E-state index in [9.17, 15) is 4.79 Å². The van der Waals surface area contributed by atoms with Crippen LogP contribution in [-0.2, 0) is 10.5 Å². The van der Waals surface area contributed by atoms with Crippen LogP contribution in [-0.4, -0.2) is 16.6 Å². The van der Waals surface area contributed by atoms with Crippen molar-refractivity contribution in [2.75, 3.05) is 5.32 Å². The Hall–Kier alpha value is -3.06. The molecule has 4 heterocycles. The van der Waals surface area contributed by atoms with Crippen molar-refractivity contribution in [2.24, 2.45) is 5.10 Å². The molecule has 3 aliphatic heterocycles. The number of carbonyl (C=O) groups is 1. The van der Waals surface area contributed by atoms with Crippen LogP contribution in [0.2, 0.25) is 0 Å². The molecule has 138 valence electrons. The molecule has 6 rings (SSSR count). The second-order valence-corrected chi connectivity index (χ2v) is 7.93. The molecule has 6 nitrogen and oxygen atoms in total. The molecule has 0 bridgehead atoms. The van der Waals surface area contributed by atoms with Crippen molar-refractivity contribution in [1.82, 2.24) is 5.01 Å². The second-order valence-electron chi connectivity index (χ2n) is 7.02. The maximum Gasteiger partial charge on any atom is 0.306 e. The van der Waals surface area contributed by atoms with Crippen molar-refractivity contribution >= 4 is 33.2 Å². The number of nitrogens with zero attached hydrogens (tertiary/aromatic N) is 2. The van der Waals surface area contributed by atoms with E-state index >= 15 is 0 Å². The van der Waals surface area contributed by atoms with Crippen LogP contribution < -0.4 is 10.1 Å². The Morgan fingerprint density at radius 3 is 2.93 bits per heavy atom. The predicted molar refractivity (Wildman–Crippen MR) is 106 cm³/mol. The number of anilines is 1. The summed E-state index contributed by atoms with van der Waals surface area (Å²) < 4.78 is 12.9. The van der Waals surface area contributed by atoms with Gasteiger partial charge < -0.3 is 14.5 Å². The average molecular weight is 436 g/mol. The van der Waals surface area contributed by atoms with Crippen molar-refractivity contribution in [1.29, 1.82) is 0 Å². The molecular formula is C21H14BrN3O3. The summed E-state index contributed by atoms with van der Waals surface area (Å²) in [5.74, 6) is 1.15. The summed E-state index contributed by atoms with van der Waals surface area (Å²) in [4.78, 5) is 13.3. The molecule has 2 atom stereocenters. The van der Waals surface area contributed by atoms with Crippen molar-refractivity contribution in [2.45, 2.75) is 18.2 Å². The lowest BCUT2D eigenvalue weighted by Gasteiger charge is -2.43. The van der Waals surface area contributed by atoms with Gasteiger partial charge in [0, 0.05) is 16.5 Å². The van der Waals surface area contributed by atoms with Crippen LogP contribution in [0.1, 0.15) is 29.3 Å². The smallest absolute Gasteiger partial charge is 0.306 e. The maximum atomic E-state index is 13.3. The van der Waals surface area contributed by atoms with E-state index < -0.39 is 5.72 Å². The summed E-state index contributed by atoms with van der Waals surface area (Å²) >= 11 is 3.52. The van der Waals surface area contributed by atoms with E-state index in [1.165, 1.54) is 0 Å². The van der Waals surface area contributed by atoms with Gasteiger partial charge in [0.1, 0.15) is 17.2 Å². The Kier molecular flexibility index (Phi) is 3.12. The molecule has 0 fully saturated rings. The predicted octanol–water partition coefficient (Wildman–Crippen LogP) is 4.39. The summed E-state index contributed by atoms with van der Waals surface area (Å²) in [6.45, 7) is 0. The molecule has 1 N–H and O–H groups in total. The third-order valence-electron chi connectivity index (χ3n) is 5.48. The SMILES string of the molecule is O=C1Nc2ccc(Br)cc2[C@]12Oc1ccccc1[C@@H]1CC(c3ccco3)=NN12. The number of hydrogen-bond donors (Lipinski definition) is 1. The van der Waals surface area contributed by atoms with E-state index in [-0.39, 0.29) is 11.9 Å². The van der Waals surface area contributed by atoms with Gasteiger partial charge in [-0.25, -0.2) is 5.01 Å². The van der Waals surface area contributed by atoms with Gasteiger partial charge in [-0.3, -0.25) is 4.79 Å². The topological polar surface area (TPSA) is 67.1 Å². The van der Waals surface area contributed by atoms with Crippen molar-refractivity contribution in [3.63, 3.8) is 0 Å². The summed E-state index contributed by atoms with van der Waals surface area (Å²) in [5.41, 5.74) is 1.93. The van der Waals surface area contributed by atoms with E-state index in [1.54, 1.807) is 11.3 Å². The Morgan fingerprint density at radius 1 is 1.18 bits per heavy atom. The van der Waals surface area contributed by atoms with E-state index in [4.69, 9.17) is 14.3 Å². The third kappa shape index (κ3) is 1.97. The van der Waals surface area contributed by atoms with Gasteiger partial charge in [0.15, 0.2) is 0 Å². The molecule has 3 aliphatic rings. The zero-order valence-electron chi connectivity index (χ0n) is 14.6. The van der Waals surface area contributed by atoms with Crippen LogP contribution in [0.25, 0.3) is 0 Å². The van der Waals surface area contributed by atoms with Crippen LogP contribution in [0.4, 0.5) is 5.69 Å². The standard InChI is InChI=1S/C21H14BrN3O3/c22-12-7-8-15-14(10-12)21(20(26)23-15)25-17(13-4-1-2-5-18(13)28-21)11-16(24-25)19-6-3-9-27-19/h1-10,17H,11H2,(H,23,26)/t17-,21-/m0/s1. The van der Waals surface area contributed by atoms with Gasteiger partial charge in [0.25, 0.3) is 5.91 Å². The average Bonchev–Trinajstić information content (AvgIpc) is 3.42. The number of amides is 1. The number of rotatable bonds is 1. The summed E-state index contributed by atoms with van der Waals surface area (Å²) in [5, 5.41) is 9.57. The van der Waals surface area contributed by atoms with E-state index in [2.05, 4.69) is 21.2 Å². The molecule has 28 heavy (non-hydrogen) atoms. The third-order valence-corrected chi connectivity index (χ3v) is 5.97. The van der Waals surface area contributed by atoms with E-state index in [0.717, 1.165) is 27.0 Å². The lowest BCUT2D eigenvalue weighted by Crippen LogP contribution is -2.55. The molecule has 0 unspecified atom stereocenters. The molecule has 0 saturated carbocycles. The van der Waals surface area contributed by atoms with Crippen LogP contribution in [0.15, 0.2) is 74.9 Å². The number of fused-ring (bicyclic) bond motifs is 6. The zero-order chi connectivity index (χ0) is 18.9. The monoisotopic (exact) mass is 435 g/mol. The highest BCUT2D eigenvalue weighted by atomic mass is 79.9. The summed E-state index contributed by atoms with van der Waals surface area (Å²) in [7, 11) is 0. The van der Waals surface area contributed by atoms with E-state index in [0.29, 0.717) is 17.9 Å². The number of carbonyl (C=O) groups excluding carboxylic acids is 1. The number of halogens is 1. The first-order valence-corrected chi connectivity index (χ1v) is 9.76. The van der Waals surface area contributed by atoms with E-state index in [1.807, 2.05) is 54.6 Å². The van der Waals surface area contributed by atoms with Gasteiger partial charge in [-0.15, -0.1) is 0 Å². The Labute approximate surface area is 168 Å². The van der Waals surface area contributed by atoms with Crippen molar-refractivity contribution in [3.8, 4) is 5.75 Å². The lowest BCUT2D eigenvalue weighted by atomic mass is 9.93. The molecule has 7 heteroatoms. The van der Waals surface area contributed by atoms with Crippen LogP contribution in [0.3, 0.4) is 0 Å². The highest BCUT2D eigenvalue weighted by Gasteiger charge is 2.61. The van der Waals surface area contributed by atoms with Gasteiger partial charge in [0.2, 0.25) is 0 Å². The first-order chi connectivity index (χ1) is 13.7. The molecule has 0 radical (unpaired) electrons. The lowest BCUT2D eigenvalue weighted by molar-refractivity contribution is -0.161. The Bertz CT molecular complexity index is 1160. The van der Waals surface area contributed by atoms with Gasteiger partial charge in [-0.05, 0) is 36.4 Å². The van der Waals surface area contributed by atoms with Gasteiger partial charge >= 0.3 is 5.72 Å². The fourth-order valence-corrected chi connectivity index (χ4v) is 4.61. The summed E-state index contributed by atoms with van der Waals surface area (Å²) in [6.07, 6.45) is 2.26. The summed E-state index contributed by atoms with van der Waals surface area (Å²) in [6, 6.07) is 17.1. The van der Waals surface area contributed by atoms with Crippen molar-refractivity contribution < 1.29 is 13.9 Å².